The van der Waals surface area contributed by atoms with E-state index in [1.165, 1.54) is 65.4 Å². The molecule has 1 saturated heterocycles. The normalized spacial score (nSPS) is 15.4. The van der Waals surface area contributed by atoms with Gasteiger partial charge in [0.2, 0.25) is 0 Å². The molecule has 0 saturated carbocycles. The van der Waals surface area contributed by atoms with Crippen molar-refractivity contribution in [2.45, 2.75) is 37.9 Å². The molecule has 0 spiro atoms. The maximum Gasteiger partial charge on any atom is 0.104 e. The molecule has 6 heteroatoms. The summed E-state index contributed by atoms with van der Waals surface area (Å²) in [6, 6.07) is 52.2. The molecule has 2 atom stereocenters. The Labute approximate surface area is 296 Å². The number of rotatable bonds is 12. The summed E-state index contributed by atoms with van der Waals surface area (Å²) in [7, 11) is 0. The number of benzene rings is 6. The molecule has 0 N–H and O–H groups in total. The van der Waals surface area contributed by atoms with Crippen LogP contribution in [0.25, 0.3) is 65.4 Å². The maximum atomic E-state index is 7.15. The Balaban J connectivity index is 1.04. The number of hydrogen-bond donors (Lipinski definition) is 0. The molecule has 51 heavy (non-hydrogen) atoms. The lowest BCUT2D eigenvalue weighted by Crippen LogP contribution is -2.33. The van der Waals surface area contributed by atoms with E-state index in [0.29, 0.717) is 32.8 Å². The lowest BCUT2D eigenvalue weighted by molar-refractivity contribution is -0.0597. The summed E-state index contributed by atoms with van der Waals surface area (Å²) in [5.74, 6) is 0. The van der Waals surface area contributed by atoms with Crippen molar-refractivity contribution in [2.24, 2.45) is 0 Å². The van der Waals surface area contributed by atoms with E-state index in [0.717, 1.165) is 6.61 Å². The van der Waals surface area contributed by atoms with E-state index in [9.17, 15) is 0 Å². The number of fused-ring (bicyclic) bond motifs is 9. The molecular formula is C45H39N3O3. The Bertz CT molecular complexity index is 2400. The van der Waals surface area contributed by atoms with Crippen molar-refractivity contribution in [1.29, 1.82) is 0 Å². The van der Waals surface area contributed by atoms with E-state index >= 15 is 0 Å². The second-order valence-corrected chi connectivity index (χ2v) is 13.8. The number of ether oxygens (including phenoxy) is 3. The van der Waals surface area contributed by atoms with Gasteiger partial charge in [0.25, 0.3) is 0 Å². The van der Waals surface area contributed by atoms with Crippen molar-refractivity contribution in [3.63, 3.8) is 0 Å². The average molecular weight is 670 g/mol. The van der Waals surface area contributed by atoms with Gasteiger partial charge in [-0.25, -0.2) is 0 Å². The van der Waals surface area contributed by atoms with Crippen LogP contribution < -0.4 is 0 Å². The SMILES string of the molecule is c1ccc2c(c1)c1ccccc1n2CC(COC(Cn1c2ccccc2c2ccccc21)Cn1c2ccccc2c2ccccc21)OCC1CO1. The quantitative estimate of drug-likeness (QED) is 0.122. The van der Waals surface area contributed by atoms with Crippen molar-refractivity contribution in [2.75, 3.05) is 19.8 Å². The summed E-state index contributed by atoms with van der Waals surface area (Å²) in [6.45, 7) is 3.85. The molecule has 6 aromatic carbocycles. The molecule has 1 aliphatic heterocycles. The van der Waals surface area contributed by atoms with Gasteiger partial charge in [-0.3, -0.25) is 0 Å². The summed E-state index contributed by atoms with van der Waals surface area (Å²) in [5, 5.41) is 7.57. The van der Waals surface area contributed by atoms with Gasteiger partial charge in [-0.05, 0) is 36.4 Å². The Hall–Kier alpha value is -5.40. The molecular weight excluding hydrogens is 631 g/mol. The van der Waals surface area contributed by atoms with E-state index in [2.05, 4.69) is 159 Å². The average Bonchev–Trinajstić information content (AvgIpc) is 3.81. The molecule has 1 aliphatic rings. The van der Waals surface area contributed by atoms with Gasteiger partial charge < -0.3 is 27.9 Å². The Morgan fingerprint density at radius 1 is 0.431 bits per heavy atom. The van der Waals surface area contributed by atoms with Gasteiger partial charge >= 0.3 is 0 Å². The third-order valence-corrected chi connectivity index (χ3v) is 10.6. The van der Waals surface area contributed by atoms with Gasteiger partial charge in [0.15, 0.2) is 0 Å². The standard InChI is InChI=1S/C45H39N3O3/c1-7-19-40-34(13-1)35-14-2-8-20-41(35)46(40)25-31(26-47-42-21-9-3-15-36(42)37-16-4-10-22-43(37)47)49-28-32(50-29-33-30-51-33)27-48-44-23-11-5-17-38(44)39-18-6-12-24-45(39)48/h1-24,31-33H,25-30H2. The fraction of sp³-hybridized carbons (Fsp3) is 0.200. The second kappa shape index (κ2) is 12.7. The number of hydrogen-bond acceptors (Lipinski definition) is 3. The van der Waals surface area contributed by atoms with Gasteiger partial charge in [0.05, 0.1) is 51.7 Å². The third kappa shape index (κ3) is 5.47. The highest BCUT2D eigenvalue weighted by molar-refractivity contribution is 6.09. The minimum Gasteiger partial charge on any atom is -0.372 e. The van der Waals surface area contributed by atoms with E-state index in [1.807, 2.05) is 0 Å². The van der Waals surface area contributed by atoms with Crippen LogP contribution in [0.15, 0.2) is 146 Å². The molecule has 2 unspecified atom stereocenters. The minimum absolute atomic E-state index is 0.148. The highest BCUT2D eigenvalue weighted by Gasteiger charge is 2.27. The summed E-state index contributed by atoms with van der Waals surface area (Å²) in [6.07, 6.45) is -0.159. The van der Waals surface area contributed by atoms with Crippen molar-refractivity contribution >= 4 is 65.4 Å². The van der Waals surface area contributed by atoms with Gasteiger partial charge in [-0.2, -0.15) is 0 Å². The molecule has 0 aliphatic carbocycles. The Morgan fingerprint density at radius 2 is 0.725 bits per heavy atom. The first-order valence-electron chi connectivity index (χ1n) is 18.0. The first kappa shape index (κ1) is 30.4. The summed E-state index contributed by atoms with van der Waals surface area (Å²) in [4.78, 5) is 0. The summed E-state index contributed by atoms with van der Waals surface area (Å²) in [5.41, 5.74) is 7.30. The zero-order valence-corrected chi connectivity index (χ0v) is 28.4. The van der Waals surface area contributed by atoms with Gasteiger partial charge in [0, 0.05) is 65.4 Å². The maximum absolute atomic E-state index is 7.15. The van der Waals surface area contributed by atoms with Crippen molar-refractivity contribution in [1.82, 2.24) is 13.7 Å². The number of aromatic nitrogens is 3. The highest BCUT2D eigenvalue weighted by atomic mass is 16.6. The molecule has 0 bridgehead atoms. The minimum atomic E-state index is -0.174. The third-order valence-electron chi connectivity index (χ3n) is 10.6. The van der Waals surface area contributed by atoms with Crippen molar-refractivity contribution in [3.05, 3.63) is 146 Å². The fourth-order valence-electron chi connectivity index (χ4n) is 8.18. The van der Waals surface area contributed by atoms with E-state index in [1.54, 1.807) is 0 Å². The van der Waals surface area contributed by atoms with Crippen LogP contribution >= 0.6 is 0 Å². The Morgan fingerprint density at radius 3 is 1.04 bits per heavy atom. The summed E-state index contributed by atoms with van der Waals surface area (Å²) >= 11 is 0. The molecule has 9 aromatic rings. The predicted octanol–water partition coefficient (Wildman–Crippen LogP) is 9.58. The lowest BCUT2D eigenvalue weighted by atomic mass is 10.2. The van der Waals surface area contributed by atoms with Gasteiger partial charge in [-0.1, -0.05) is 109 Å². The molecule has 3 aromatic heterocycles. The zero-order valence-electron chi connectivity index (χ0n) is 28.4. The predicted molar refractivity (Wildman–Crippen MR) is 208 cm³/mol. The first-order chi connectivity index (χ1) is 25.3. The number of para-hydroxylation sites is 6. The van der Waals surface area contributed by atoms with Crippen molar-refractivity contribution in [3.8, 4) is 0 Å². The molecule has 252 valence electrons. The van der Waals surface area contributed by atoms with Crippen LogP contribution in [0, 0.1) is 0 Å². The van der Waals surface area contributed by atoms with Crippen LogP contribution in [-0.4, -0.2) is 51.8 Å². The summed E-state index contributed by atoms with van der Waals surface area (Å²) < 4.78 is 26.7. The first-order valence-corrected chi connectivity index (χ1v) is 18.0. The Kier molecular flexibility index (Phi) is 7.60. The lowest BCUT2D eigenvalue weighted by Gasteiger charge is -2.26. The molecule has 0 amide bonds. The van der Waals surface area contributed by atoms with Crippen LogP contribution in [0.2, 0.25) is 0 Å². The van der Waals surface area contributed by atoms with E-state index in [-0.39, 0.29) is 18.3 Å². The van der Waals surface area contributed by atoms with Crippen LogP contribution in [0.4, 0.5) is 0 Å². The monoisotopic (exact) mass is 669 g/mol. The number of nitrogens with zero attached hydrogens (tertiary/aromatic N) is 3. The largest absolute Gasteiger partial charge is 0.372 e. The number of epoxide rings is 1. The smallest absolute Gasteiger partial charge is 0.104 e. The molecule has 6 nitrogen and oxygen atoms in total. The second-order valence-electron chi connectivity index (χ2n) is 13.8. The molecule has 10 rings (SSSR count). The van der Waals surface area contributed by atoms with Crippen molar-refractivity contribution < 1.29 is 14.2 Å². The topological polar surface area (TPSA) is 45.8 Å². The van der Waals surface area contributed by atoms with Gasteiger partial charge in [0.1, 0.15) is 6.10 Å². The molecule has 4 heterocycles. The van der Waals surface area contributed by atoms with E-state index in [4.69, 9.17) is 14.2 Å². The van der Waals surface area contributed by atoms with Crippen LogP contribution in [0.3, 0.4) is 0 Å². The van der Waals surface area contributed by atoms with Crippen LogP contribution in [0.5, 0.6) is 0 Å². The van der Waals surface area contributed by atoms with Crippen LogP contribution in [0.1, 0.15) is 0 Å². The highest BCUT2D eigenvalue weighted by Crippen LogP contribution is 2.33. The molecule has 1 fully saturated rings. The molecule has 0 radical (unpaired) electrons. The van der Waals surface area contributed by atoms with Gasteiger partial charge in [-0.15, -0.1) is 0 Å². The van der Waals surface area contributed by atoms with E-state index < -0.39 is 0 Å². The van der Waals surface area contributed by atoms with Crippen LogP contribution in [-0.2, 0) is 33.8 Å². The zero-order chi connectivity index (χ0) is 33.7. The fourth-order valence-corrected chi connectivity index (χ4v) is 8.18.